The van der Waals surface area contributed by atoms with Crippen LogP contribution in [0.2, 0.25) is 0 Å². The quantitative estimate of drug-likeness (QED) is 0.714. The van der Waals surface area contributed by atoms with E-state index in [0.717, 1.165) is 0 Å². The van der Waals surface area contributed by atoms with Gasteiger partial charge in [-0.25, -0.2) is 4.39 Å². The minimum atomic E-state index is -0.263. The third-order valence-electron chi connectivity index (χ3n) is 5.81. The smallest absolute Gasteiger partial charge is 0.270 e. The maximum absolute atomic E-state index is 13.7. The average Bonchev–Trinajstić information content (AvgIpc) is 3.03. The zero-order valence-electron chi connectivity index (χ0n) is 17.7. The normalized spacial score (nSPS) is 14.6. The summed E-state index contributed by atoms with van der Waals surface area (Å²) in [5, 5.41) is 2.88. The molecule has 30 heavy (non-hydrogen) atoms. The van der Waals surface area contributed by atoms with Gasteiger partial charge in [0.25, 0.3) is 5.91 Å². The summed E-state index contributed by atoms with van der Waals surface area (Å²) in [5.74, 6) is -0.674. The molecule has 0 unspecified atom stereocenters. The van der Waals surface area contributed by atoms with E-state index in [9.17, 15) is 18.8 Å². The van der Waals surface area contributed by atoms with Crippen molar-refractivity contribution in [2.45, 2.75) is 40.0 Å². The average molecular weight is 413 g/mol. The molecule has 7 heteroatoms. The number of amides is 2. The molecule has 1 saturated heterocycles. The van der Waals surface area contributed by atoms with Crippen molar-refractivity contribution in [1.82, 2.24) is 15.2 Å². The van der Waals surface area contributed by atoms with Gasteiger partial charge in [0, 0.05) is 36.8 Å². The molecule has 6 nitrogen and oxygen atoms in total. The van der Waals surface area contributed by atoms with Crippen molar-refractivity contribution in [1.29, 1.82) is 0 Å². The summed E-state index contributed by atoms with van der Waals surface area (Å²) >= 11 is 0. The third-order valence-corrected chi connectivity index (χ3v) is 5.81. The number of piperidine rings is 1. The maximum Gasteiger partial charge on any atom is 0.270 e. The first-order chi connectivity index (χ1) is 14.3. The zero-order valence-corrected chi connectivity index (χ0v) is 17.7. The first kappa shape index (κ1) is 21.7. The molecule has 1 fully saturated rings. The minimum absolute atomic E-state index is 0.0517. The molecular weight excluding hydrogens is 385 g/mol. The highest BCUT2D eigenvalue weighted by Crippen LogP contribution is 2.23. The van der Waals surface area contributed by atoms with Gasteiger partial charge < -0.3 is 15.2 Å². The van der Waals surface area contributed by atoms with Crippen LogP contribution in [0, 0.1) is 25.6 Å². The van der Waals surface area contributed by atoms with Gasteiger partial charge in [0.1, 0.15) is 11.5 Å². The van der Waals surface area contributed by atoms with Crippen LogP contribution in [0.25, 0.3) is 0 Å². The summed E-state index contributed by atoms with van der Waals surface area (Å²) < 4.78 is 13.7. The lowest BCUT2D eigenvalue weighted by atomic mass is 9.95. The molecule has 2 amide bonds. The van der Waals surface area contributed by atoms with Crippen molar-refractivity contribution in [3.63, 3.8) is 0 Å². The topological polar surface area (TPSA) is 82.3 Å². The number of Topliss-reactive ketones (excluding diaryl/α,β-unsaturated/α-hetero) is 1. The molecule has 1 aliphatic heterocycles. The fourth-order valence-electron chi connectivity index (χ4n) is 4.16. The molecule has 1 aromatic carbocycles. The van der Waals surface area contributed by atoms with Crippen molar-refractivity contribution < 1.29 is 18.8 Å². The Morgan fingerprint density at radius 2 is 1.83 bits per heavy atom. The van der Waals surface area contributed by atoms with Crippen LogP contribution in [0.5, 0.6) is 0 Å². The lowest BCUT2D eigenvalue weighted by Crippen LogP contribution is -2.43. The number of benzene rings is 1. The summed E-state index contributed by atoms with van der Waals surface area (Å²) in [4.78, 5) is 41.9. The van der Waals surface area contributed by atoms with Gasteiger partial charge in [0.15, 0.2) is 5.78 Å². The van der Waals surface area contributed by atoms with Crippen LogP contribution < -0.4 is 5.32 Å². The van der Waals surface area contributed by atoms with Crippen LogP contribution in [0.15, 0.2) is 24.3 Å². The van der Waals surface area contributed by atoms with E-state index in [-0.39, 0.29) is 29.3 Å². The van der Waals surface area contributed by atoms with Gasteiger partial charge in [-0.05, 0) is 57.2 Å². The second-order valence-electron chi connectivity index (χ2n) is 7.88. The van der Waals surface area contributed by atoms with Gasteiger partial charge in [-0.15, -0.1) is 0 Å². The Hall–Kier alpha value is -2.96. The number of carbonyl (C=O) groups excluding carboxylic acids is 3. The lowest BCUT2D eigenvalue weighted by Gasteiger charge is -2.31. The molecule has 160 valence electrons. The van der Waals surface area contributed by atoms with Crippen LogP contribution in [0.3, 0.4) is 0 Å². The monoisotopic (exact) mass is 413 g/mol. The van der Waals surface area contributed by atoms with E-state index in [4.69, 9.17) is 0 Å². The van der Waals surface area contributed by atoms with Crippen LogP contribution in [0.1, 0.15) is 57.4 Å². The highest BCUT2D eigenvalue weighted by molar-refractivity contribution is 6.02. The van der Waals surface area contributed by atoms with Crippen molar-refractivity contribution in [2.75, 3.05) is 19.6 Å². The first-order valence-corrected chi connectivity index (χ1v) is 10.3. The summed E-state index contributed by atoms with van der Waals surface area (Å²) in [7, 11) is 0. The molecule has 1 aliphatic rings. The van der Waals surface area contributed by atoms with E-state index in [1.54, 1.807) is 36.9 Å². The molecule has 1 aromatic heterocycles. The van der Waals surface area contributed by atoms with Gasteiger partial charge in [-0.1, -0.05) is 18.2 Å². The maximum atomic E-state index is 13.7. The molecule has 2 aromatic rings. The fourth-order valence-corrected chi connectivity index (χ4v) is 4.16. The number of hydrogen-bond donors (Lipinski definition) is 2. The van der Waals surface area contributed by atoms with E-state index in [0.29, 0.717) is 67.0 Å². The largest absolute Gasteiger partial charge is 0.356 e. The van der Waals surface area contributed by atoms with Crippen LogP contribution in [0.4, 0.5) is 4.39 Å². The van der Waals surface area contributed by atoms with Crippen LogP contribution in [-0.2, 0) is 11.2 Å². The number of aromatic amines is 1. The number of ketones is 1. The highest BCUT2D eigenvalue weighted by atomic mass is 19.1. The predicted molar refractivity (Wildman–Crippen MR) is 112 cm³/mol. The van der Waals surface area contributed by atoms with Crippen molar-refractivity contribution in [3.05, 3.63) is 58.2 Å². The summed E-state index contributed by atoms with van der Waals surface area (Å²) in [5.41, 5.74) is 2.98. The Morgan fingerprint density at radius 1 is 1.17 bits per heavy atom. The number of aryl methyl sites for hydroxylation is 1. The molecule has 2 N–H and O–H groups in total. The second kappa shape index (κ2) is 9.24. The van der Waals surface area contributed by atoms with Gasteiger partial charge in [-0.2, -0.15) is 0 Å². The molecule has 0 atom stereocenters. The zero-order chi connectivity index (χ0) is 21.8. The SMILES string of the molecule is CC(=O)c1c(C)[nH]c(C(=O)N2CCC(C(=O)NCCc3ccccc3F)CC2)c1C. The van der Waals surface area contributed by atoms with Crippen molar-refractivity contribution in [2.24, 2.45) is 5.92 Å². The number of carbonyl (C=O) groups is 3. The van der Waals surface area contributed by atoms with Gasteiger partial charge in [0.2, 0.25) is 5.91 Å². The Morgan fingerprint density at radius 3 is 2.43 bits per heavy atom. The van der Waals surface area contributed by atoms with E-state index >= 15 is 0 Å². The van der Waals surface area contributed by atoms with Gasteiger partial charge in [-0.3, -0.25) is 14.4 Å². The summed E-state index contributed by atoms with van der Waals surface area (Å²) in [6.45, 7) is 6.41. The van der Waals surface area contributed by atoms with Crippen molar-refractivity contribution >= 4 is 17.6 Å². The second-order valence-corrected chi connectivity index (χ2v) is 7.88. The van der Waals surface area contributed by atoms with Gasteiger partial charge >= 0.3 is 0 Å². The predicted octanol–water partition coefficient (Wildman–Crippen LogP) is 3.18. The molecule has 0 saturated carbocycles. The van der Waals surface area contributed by atoms with Gasteiger partial charge in [0.05, 0.1) is 0 Å². The lowest BCUT2D eigenvalue weighted by molar-refractivity contribution is -0.126. The highest BCUT2D eigenvalue weighted by Gasteiger charge is 2.30. The Labute approximate surface area is 175 Å². The fraction of sp³-hybridized carbons (Fsp3) is 0.435. The minimum Gasteiger partial charge on any atom is -0.356 e. The number of aromatic nitrogens is 1. The van der Waals surface area contributed by atoms with E-state index in [1.807, 2.05) is 0 Å². The van der Waals surface area contributed by atoms with Crippen LogP contribution in [-0.4, -0.2) is 47.1 Å². The third kappa shape index (κ3) is 4.61. The molecule has 2 heterocycles. The molecular formula is C23H28FN3O3. The number of nitrogens with zero attached hydrogens (tertiary/aromatic N) is 1. The molecule has 3 rings (SSSR count). The molecule has 0 spiro atoms. The standard InChI is InChI=1S/C23H28FN3O3/c1-14-20(16(3)28)15(2)26-21(14)23(30)27-12-9-18(10-13-27)22(29)25-11-8-17-6-4-5-7-19(17)24/h4-7,18,26H,8-13H2,1-3H3,(H,25,29). The Balaban J connectivity index is 1.51. The number of hydrogen-bond acceptors (Lipinski definition) is 3. The van der Waals surface area contributed by atoms with E-state index in [1.165, 1.54) is 13.0 Å². The molecule has 0 bridgehead atoms. The molecule has 0 aliphatic carbocycles. The Bertz CT molecular complexity index is 959. The number of nitrogens with one attached hydrogen (secondary N) is 2. The van der Waals surface area contributed by atoms with E-state index in [2.05, 4.69) is 10.3 Å². The Kier molecular flexibility index (Phi) is 6.70. The number of likely N-dealkylation sites (tertiary alicyclic amines) is 1. The van der Waals surface area contributed by atoms with E-state index < -0.39 is 0 Å². The van der Waals surface area contributed by atoms with Crippen molar-refractivity contribution in [3.8, 4) is 0 Å². The number of rotatable bonds is 6. The number of halogens is 1. The van der Waals surface area contributed by atoms with Crippen LogP contribution >= 0.6 is 0 Å². The number of H-pyrrole nitrogens is 1. The molecule has 0 radical (unpaired) electrons. The summed E-state index contributed by atoms with van der Waals surface area (Å²) in [6.07, 6.45) is 1.60. The summed E-state index contributed by atoms with van der Waals surface area (Å²) in [6, 6.07) is 6.55. The first-order valence-electron chi connectivity index (χ1n) is 10.3.